The van der Waals surface area contributed by atoms with Crippen LogP contribution in [-0.4, -0.2) is 28.0 Å². The van der Waals surface area contributed by atoms with Crippen LogP contribution in [0.25, 0.3) is 0 Å². The SMILES string of the molecule is Cc1nnc(NCCCC(C)O)s1. The van der Waals surface area contributed by atoms with Gasteiger partial charge in [-0.3, -0.25) is 0 Å². The number of hydrogen-bond donors (Lipinski definition) is 2. The number of hydrogen-bond acceptors (Lipinski definition) is 5. The van der Waals surface area contributed by atoms with Gasteiger partial charge in [0.15, 0.2) is 0 Å². The van der Waals surface area contributed by atoms with Crippen LogP contribution in [0.15, 0.2) is 0 Å². The first-order valence-corrected chi connectivity index (χ1v) is 5.22. The number of aryl methyl sites for hydroxylation is 1. The summed E-state index contributed by atoms with van der Waals surface area (Å²) in [4.78, 5) is 0. The summed E-state index contributed by atoms with van der Waals surface area (Å²) in [5, 5.41) is 21.8. The second-order valence-corrected chi connectivity index (χ2v) is 4.23. The molecular formula is C8H15N3OS. The number of anilines is 1. The second-order valence-electron chi connectivity index (χ2n) is 3.04. The Bertz CT molecular complexity index is 249. The Morgan fingerprint density at radius 3 is 2.85 bits per heavy atom. The first kappa shape index (κ1) is 10.4. The maximum Gasteiger partial charge on any atom is 0.205 e. The summed E-state index contributed by atoms with van der Waals surface area (Å²) in [7, 11) is 0. The van der Waals surface area contributed by atoms with E-state index in [9.17, 15) is 0 Å². The van der Waals surface area contributed by atoms with E-state index in [4.69, 9.17) is 5.11 Å². The third kappa shape index (κ3) is 4.19. The van der Waals surface area contributed by atoms with Crippen LogP contribution in [0.1, 0.15) is 24.8 Å². The molecule has 0 radical (unpaired) electrons. The molecular weight excluding hydrogens is 186 g/mol. The van der Waals surface area contributed by atoms with Gasteiger partial charge < -0.3 is 10.4 Å². The van der Waals surface area contributed by atoms with E-state index >= 15 is 0 Å². The van der Waals surface area contributed by atoms with Crippen LogP contribution in [0.4, 0.5) is 5.13 Å². The standard InChI is InChI=1S/C8H15N3OS/c1-6(12)4-3-5-9-8-11-10-7(2)13-8/h6,12H,3-5H2,1-2H3,(H,9,11). The molecule has 2 N–H and O–H groups in total. The molecule has 4 nitrogen and oxygen atoms in total. The Morgan fingerprint density at radius 1 is 1.54 bits per heavy atom. The molecule has 1 heterocycles. The number of nitrogens with zero attached hydrogens (tertiary/aromatic N) is 2. The molecule has 0 fully saturated rings. The van der Waals surface area contributed by atoms with Gasteiger partial charge in [-0.25, -0.2) is 0 Å². The van der Waals surface area contributed by atoms with Crippen molar-refractivity contribution in [1.29, 1.82) is 0 Å². The maximum absolute atomic E-state index is 9.00. The van der Waals surface area contributed by atoms with Crippen molar-refractivity contribution >= 4 is 16.5 Å². The van der Waals surface area contributed by atoms with Crippen LogP contribution >= 0.6 is 11.3 Å². The number of nitrogens with one attached hydrogen (secondary N) is 1. The molecule has 0 saturated carbocycles. The summed E-state index contributed by atoms with van der Waals surface area (Å²) < 4.78 is 0. The first-order valence-electron chi connectivity index (χ1n) is 4.40. The van der Waals surface area contributed by atoms with Crippen LogP contribution in [0, 0.1) is 6.92 Å². The average molecular weight is 201 g/mol. The Hall–Kier alpha value is -0.680. The molecule has 1 unspecified atom stereocenters. The minimum atomic E-state index is -0.210. The molecule has 1 rings (SSSR count). The van der Waals surface area contributed by atoms with Gasteiger partial charge in [0.1, 0.15) is 5.01 Å². The third-order valence-electron chi connectivity index (χ3n) is 1.60. The van der Waals surface area contributed by atoms with E-state index in [2.05, 4.69) is 15.5 Å². The van der Waals surface area contributed by atoms with Gasteiger partial charge in [0, 0.05) is 6.54 Å². The zero-order chi connectivity index (χ0) is 9.68. The summed E-state index contributed by atoms with van der Waals surface area (Å²) >= 11 is 1.55. The molecule has 0 aliphatic carbocycles. The van der Waals surface area contributed by atoms with Gasteiger partial charge in [0.25, 0.3) is 0 Å². The van der Waals surface area contributed by atoms with Gasteiger partial charge in [-0.1, -0.05) is 11.3 Å². The van der Waals surface area contributed by atoms with Crippen molar-refractivity contribution in [3.63, 3.8) is 0 Å². The molecule has 0 saturated heterocycles. The van der Waals surface area contributed by atoms with Crippen LogP contribution in [0.5, 0.6) is 0 Å². The predicted molar refractivity (Wildman–Crippen MR) is 54.1 cm³/mol. The van der Waals surface area contributed by atoms with Crippen molar-refractivity contribution in [2.45, 2.75) is 32.8 Å². The monoisotopic (exact) mass is 201 g/mol. The van der Waals surface area contributed by atoms with Crippen molar-refractivity contribution in [3.8, 4) is 0 Å². The molecule has 5 heteroatoms. The lowest BCUT2D eigenvalue weighted by Crippen LogP contribution is -2.06. The summed E-state index contributed by atoms with van der Waals surface area (Å²) in [6, 6.07) is 0. The Kier molecular flexibility index (Phi) is 4.11. The molecule has 1 aromatic rings. The smallest absolute Gasteiger partial charge is 0.205 e. The van der Waals surface area contributed by atoms with Crippen LogP contribution in [0.3, 0.4) is 0 Å². The molecule has 13 heavy (non-hydrogen) atoms. The molecule has 0 bridgehead atoms. The zero-order valence-corrected chi connectivity index (χ0v) is 8.77. The number of aliphatic hydroxyl groups is 1. The molecule has 1 aromatic heterocycles. The van der Waals surface area contributed by atoms with Gasteiger partial charge in [0.05, 0.1) is 6.10 Å². The Balaban J connectivity index is 2.13. The van der Waals surface area contributed by atoms with Crippen LogP contribution < -0.4 is 5.32 Å². The number of aliphatic hydroxyl groups excluding tert-OH is 1. The van der Waals surface area contributed by atoms with Crippen molar-refractivity contribution in [1.82, 2.24) is 10.2 Å². The third-order valence-corrected chi connectivity index (χ3v) is 2.40. The topological polar surface area (TPSA) is 58.0 Å². The van der Waals surface area contributed by atoms with E-state index in [1.807, 2.05) is 6.92 Å². The normalized spacial score (nSPS) is 12.8. The van der Waals surface area contributed by atoms with E-state index in [0.717, 1.165) is 29.5 Å². The van der Waals surface area contributed by atoms with Crippen LogP contribution in [0.2, 0.25) is 0 Å². The van der Waals surface area contributed by atoms with E-state index in [1.165, 1.54) is 0 Å². The van der Waals surface area contributed by atoms with E-state index in [-0.39, 0.29) is 6.10 Å². The Morgan fingerprint density at radius 2 is 2.31 bits per heavy atom. The largest absolute Gasteiger partial charge is 0.393 e. The molecule has 1 atom stereocenters. The van der Waals surface area contributed by atoms with Crippen molar-refractivity contribution in [2.24, 2.45) is 0 Å². The highest BCUT2D eigenvalue weighted by molar-refractivity contribution is 7.15. The molecule has 0 aliphatic heterocycles. The fraction of sp³-hybridized carbons (Fsp3) is 0.750. The van der Waals surface area contributed by atoms with Gasteiger partial charge in [-0.2, -0.15) is 0 Å². The highest BCUT2D eigenvalue weighted by atomic mass is 32.1. The highest BCUT2D eigenvalue weighted by Crippen LogP contribution is 2.13. The lowest BCUT2D eigenvalue weighted by atomic mass is 10.2. The van der Waals surface area contributed by atoms with E-state index < -0.39 is 0 Å². The van der Waals surface area contributed by atoms with Crippen molar-refractivity contribution in [3.05, 3.63) is 5.01 Å². The van der Waals surface area contributed by atoms with Gasteiger partial charge in [-0.15, -0.1) is 10.2 Å². The van der Waals surface area contributed by atoms with Crippen LogP contribution in [-0.2, 0) is 0 Å². The molecule has 0 aromatic carbocycles. The predicted octanol–water partition coefficient (Wildman–Crippen LogP) is 1.42. The second kappa shape index (κ2) is 5.14. The maximum atomic E-state index is 9.00. The lowest BCUT2D eigenvalue weighted by Gasteiger charge is -2.03. The van der Waals surface area contributed by atoms with Crippen molar-refractivity contribution in [2.75, 3.05) is 11.9 Å². The Labute approximate surface area is 82.0 Å². The fourth-order valence-electron chi connectivity index (χ4n) is 0.961. The van der Waals surface area contributed by atoms with E-state index in [1.54, 1.807) is 18.3 Å². The summed E-state index contributed by atoms with van der Waals surface area (Å²) in [5.74, 6) is 0. The summed E-state index contributed by atoms with van der Waals surface area (Å²) in [6.45, 7) is 4.58. The first-order chi connectivity index (χ1) is 6.18. The quantitative estimate of drug-likeness (QED) is 0.707. The van der Waals surface area contributed by atoms with Crippen molar-refractivity contribution < 1.29 is 5.11 Å². The zero-order valence-electron chi connectivity index (χ0n) is 7.95. The van der Waals surface area contributed by atoms with E-state index in [0.29, 0.717) is 0 Å². The summed E-state index contributed by atoms with van der Waals surface area (Å²) in [6.07, 6.45) is 1.57. The van der Waals surface area contributed by atoms with Gasteiger partial charge in [0.2, 0.25) is 5.13 Å². The molecule has 0 amide bonds. The minimum absolute atomic E-state index is 0.210. The lowest BCUT2D eigenvalue weighted by molar-refractivity contribution is 0.183. The minimum Gasteiger partial charge on any atom is -0.393 e. The molecule has 74 valence electrons. The number of rotatable bonds is 5. The fourth-order valence-corrected chi connectivity index (χ4v) is 1.58. The van der Waals surface area contributed by atoms with Gasteiger partial charge >= 0.3 is 0 Å². The number of aromatic nitrogens is 2. The highest BCUT2D eigenvalue weighted by Gasteiger charge is 1.99. The van der Waals surface area contributed by atoms with Gasteiger partial charge in [-0.05, 0) is 26.7 Å². The average Bonchev–Trinajstić information content (AvgIpc) is 2.45. The molecule has 0 spiro atoms. The molecule has 0 aliphatic rings. The summed E-state index contributed by atoms with van der Waals surface area (Å²) in [5.41, 5.74) is 0.